The van der Waals surface area contributed by atoms with Gasteiger partial charge in [0, 0.05) is 25.0 Å². The molecule has 0 fully saturated rings. The maximum atomic E-state index is 13.4. The van der Waals surface area contributed by atoms with E-state index in [0.717, 1.165) is 6.07 Å². The van der Waals surface area contributed by atoms with E-state index in [0.29, 0.717) is 5.69 Å². The largest absolute Gasteiger partial charge is 0.387 e. The molecular formula is C10H7F3N2. The predicted octanol–water partition coefficient (Wildman–Crippen LogP) is 2.69. The van der Waals surface area contributed by atoms with Gasteiger partial charge in [0.05, 0.1) is 10.9 Å². The Bertz CT molecular complexity index is 526. The lowest BCUT2D eigenvalue weighted by Crippen LogP contribution is -1.98. The van der Waals surface area contributed by atoms with Crippen molar-refractivity contribution in [3.63, 3.8) is 0 Å². The Balaban J connectivity index is 2.93. The van der Waals surface area contributed by atoms with Gasteiger partial charge in [-0.3, -0.25) is 4.98 Å². The molecule has 0 bridgehead atoms. The Morgan fingerprint density at radius 3 is 2.60 bits per heavy atom. The third-order valence-electron chi connectivity index (χ3n) is 2.13. The van der Waals surface area contributed by atoms with Crippen LogP contribution >= 0.6 is 0 Å². The lowest BCUT2D eigenvalue weighted by molar-refractivity contribution is 0.453. The highest BCUT2D eigenvalue weighted by Gasteiger charge is 2.16. The second kappa shape index (κ2) is 3.42. The fourth-order valence-corrected chi connectivity index (χ4v) is 1.42. The van der Waals surface area contributed by atoms with Crippen LogP contribution in [0.25, 0.3) is 10.9 Å². The molecule has 1 aromatic heterocycles. The van der Waals surface area contributed by atoms with E-state index >= 15 is 0 Å². The smallest absolute Gasteiger partial charge is 0.195 e. The lowest BCUT2D eigenvalue weighted by atomic mass is 10.1. The molecule has 1 aromatic carbocycles. The standard InChI is InChI=1S/C10H7F3N2/c1-14-6-2-3-15-7-4-5(11)9(12)10(13)8(6)7/h2-4H,1H3,(H,14,15). The molecule has 0 saturated heterocycles. The Labute approximate surface area is 83.7 Å². The first-order valence-corrected chi connectivity index (χ1v) is 4.25. The molecule has 78 valence electrons. The number of fused-ring (bicyclic) bond motifs is 1. The average molecular weight is 212 g/mol. The molecule has 2 aromatic rings. The SMILES string of the molecule is CNc1ccnc2cc(F)c(F)c(F)c12. The molecule has 0 aliphatic carbocycles. The summed E-state index contributed by atoms with van der Waals surface area (Å²) in [6, 6.07) is 2.36. The Morgan fingerprint density at radius 1 is 1.20 bits per heavy atom. The van der Waals surface area contributed by atoms with E-state index in [1.165, 1.54) is 12.3 Å². The molecule has 0 amide bonds. The zero-order valence-electron chi connectivity index (χ0n) is 7.81. The van der Waals surface area contributed by atoms with Gasteiger partial charge in [0.25, 0.3) is 0 Å². The van der Waals surface area contributed by atoms with Crippen molar-refractivity contribution in [2.45, 2.75) is 0 Å². The summed E-state index contributed by atoms with van der Waals surface area (Å²) in [7, 11) is 1.56. The van der Waals surface area contributed by atoms with Crippen LogP contribution in [0.1, 0.15) is 0 Å². The highest BCUT2D eigenvalue weighted by molar-refractivity contribution is 5.91. The van der Waals surface area contributed by atoms with E-state index in [1.54, 1.807) is 7.05 Å². The Hall–Kier alpha value is -1.78. The summed E-state index contributed by atoms with van der Waals surface area (Å²) in [6.07, 6.45) is 1.39. The normalized spacial score (nSPS) is 10.7. The van der Waals surface area contributed by atoms with Crippen molar-refractivity contribution in [1.82, 2.24) is 4.98 Å². The van der Waals surface area contributed by atoms with Gasteiger partial charge in [0.15, 0.2) is 17.5 Å². The number of benzene rings is 1. The maximum Gasteiger partial charge on any atom is 0.195 e. The monoisotopic (exact) mass is 212 g/mol. The first-order valence-electron chi connectivity index (χ1n) is 4.25. The van der Waals surface area contributed by atoms with Crippen molar-refractivity contribution in [3.8, 4) is 0 Å². The van der Waals surface area contributed by atoms with Crippen molar-refractivity contribution in [2.75, 3.05) is 12.4 Å². The average Bonchev–Trinajstić information content (AvgIpc) is 2.25. The van der Waals surface area contributed by atoms with Crippen LogP contribution in [0.2, 0.25) is 0 Å². The fourth-order valence-electron chi connectivity index (χ4n) is 1.42. The highest BCUT2D eigenvalue weighted by Crippen LogP contribution is 2.27. The topological polar surface area (TPSA) is 24.9 Å². The van der Waals surface area contributed by atoms with Gasteiger partial charge in [-0.25, -0.2) is 13.2 Å². The second-order valence-electron chi connectivity index (χ2n) is 2.99. The number of anilines is 1. The van der Waals surface area contributed by atoms with Gasteiger partial charge in [-0.2, -0.15) is 0 Å². The Morgan fingerprint density at radius 2 is 1.93 bits per heavy atom. The van der Waals surface area contributed by atoms with E-state index in [2.05, 4.69) is 10.3 Å². The fraction of sp³-hybridized carbons (Fsp3) is 0.100. The minimum atomic E-state index is -1.48. The molecule has 0 atom stereocenters. The molecule has 15 heavy (non-hydrogen) atoms. The van der Waals surface area contributed by atoms with Crippen molar-refractivity contribution in [3.05, 3.63) is 35.8 Å². The summed E-state index contributed by atoms with van der Waals surface area (Å²) in [6.45, 7) is 0. The number of aromatic nitrogens is 1. The maximum absolute atomic E-state index is 13.4. The minimum Gasteiger partial charge on any atom is -0.387 e. The lowest BCUT2D eigenvalue weighted by Gasteiger charge is -2.06. The van der Waals surface area contributed by atoms with Gasteiger partial charge in [0.2, 0.25) is 0 Å². The van der Waals surface area contributed by atoms with E-state index in [9.17, 15) is 13.2 Å². The molecule has 0 aliphatic heterocycles. The summed E-state index contributed by atoms with van der Waals surface area (Å²) in [4.78, 5) is 3.77. The molecule has 0 aliphatic rings. The first-order chi connectivity index (χ1) is 7.15. The van der Waals surface area contributed by atoms with Gasteiger partial charge in [0.1, 0.15) is 0 Å². The first kappa shape index (κ1) is 9.76. The summed E-state index contributed by atoms with van der Waals surface area (Å²) >= 11 is 0. The zero-order chi connectivity index (χ0) is 11.0. The molecule has 5 heteroatoms. The minimum absolute atomic E-state index is 0.0427. The number of rotatable bonds is 1. The summed E-state index contributed by atoms with van der Waals surface area (Å²) in [5, 5.41) is 2.65. The van der Waals surface area contributed by atoms with Crippen molar-refractivity contribution in [2.24, 2.45) is 0 Å². The number of nitrogens with zero attached hydrogens (tertiary/aromatic N) is 1. The molecule has 2 rings (SSSR count). The summed E-state index contributed by atoms with van der Waals surface area (Å²) < 4.78 is 39.3. The van der Waals surface area contributed by atoms with Crippen LogP contribution in [0.3, 0.4) is 0 Å². The molecular weight excluding hydrogens is 205 g/mol. The van der Waals surface area contributed by atoms with Crippen LogP contribution in [-0.2, 0) is 0 Å². The molecule has 0 radical (unpaired) electrons. The van der Waals surface area contributed by atoms with Crippen LogP contribution in [0.15, 0.2) is 18.3 Å². The molecule has 2 nitrogen and oxygen atoms in total. The third kappa shape index (κ3) is 1.40. The van der Waals surface area contributed by atoms with Crippen LogP contribution in [0.5, 0.6) is 0 Å². The summed E-state index contributed by atoms with van der Waals surface area (Å²) in [5.41, 5.74) is 0.453. The van der Waals surface area contributed by atoms with E-state index in [1.807, 2.05) is 0 Å². The number of hydrogen-bond donors (Lipinski definition) is 1. The zero-order valence-corrected chi connectivity index (χ0v) is 7.81. The van der Waals surface area contributed by atoms with Crippen LogP contribution in [0.4, 0.5) is 18.9 Å². The number of nitrogens with one attached hydrogen (secondary N) is 1. The van der Waals surface area contributed by atoms with Crippen molar-refractivity contribution >= 4 is 16.6 Å². The van der Waals surface area contributed by atoms with Gasteiger partial charge in [-0.05, 0) is 6.07 Å². The molecule has 1 heterocycles. The number of hydrogen-bond acceptors (Lipinski definition) is 2. The number of halogens is 3. The van der Waals surface area contributed by atoms with Crippen LogP contribution in [-0.4, -0.2) is 12.0 Å². The summed E-state index contributed by atoms with van der Waals surface area (Å²) in [5.74, 6) is -3.93. The third-order valence-corrected chi connectivity index (χ3v) is 2.13. The van der Waals surface area contributed by atoms with Crippen LogP contribution in [0, 0.1) is 17.5 Å². The molecule has 0 unspecified atom stereocenters. The van der Waals surface area contributed by atoms with Crippen LogP contribution < -0.4 is 5.32 Å². The predicted molar refractivity (Wildman–Crippen MR) is 51.2 cm³/mol. The van der Waals surface area contributed by atoms with Crippen molar-refractivity contribution < 1.29 is 13.2 Å². The van der Waals surface area contributed by atoms with Gasteiger partial charge < -0.3 is 5.32 Å². The second-order valence-corrected chi connectivity index (χ2v) is 2.99. The van der Waals surface area contributed by atoms with E-state index < -0.39 is 17.5 Å². The van der Waals surface area contributed by atoms with E-state index in [-0.39, 0.29) is 10.9 Å². The van der Waals surface area contributed by atoms with Gasteiger partial charge in [-0.1, -0.05) is 0 Å². The molecule has 1 N–H and O–H groups in total. The highest BCUT2D eigenvalue weighted by atomic mass is 19.2. The number of pyridine rings is 1. The van der Waals surface area contributed by atoms with Gasteiger partial charge >= 0.3 is 0 Å². The molecule has 0 spiro atoms. The van der Waals surface area contributed by atoms with Crippen molar-refractivity contribution in [1.29, 1.82) is 0 Å². The quantitative estimate of drug-likeness (QED) is 0.735. The van der Waals surface area contributed by atoms with Gasteiger partial charge in [-0.15, -0.1) is 0 Å². The molecule has 0 saturated carbocycles. The van der Waals surface area contributed by atoms with E-state index in [4.69, 9.17) is 0 Å². The Kier molecular flexibility index (Phi) is 2.22.